The van der Waals surface area contributed by atoms with E-state index in [4.69, 9.17) is 0 Å². The first-order valence-corrected chi connectivity index (χ1v) is 9.69. The molecule has 0 bridgehead atoms. The van der Waals surface area contributed by atoms with Gasteiger partial charge in [0.15, 0.2) is 4.34 Å². The number of hydrogen-bond acceptors (Lipinski definition) is 5. The number of aromatic nitrogens is 2. The van der Waals surface area contributed by atoms with Gasteiger partial charge in [0.25, 0.3) is 0 Å². The molecule has 1 heterocycles. The van der Waals surface area contributed by atoms with Gasteiger partial charge in [0, 0.05) is 12.3 Å². The molecular formula is C18H18N4OS2. The van der Waals surface area contributed by atoms with Crippen molar-refractivity contribution in [3.63, 3.8) is 0 Å². The van der Waals surface area contributed by atoms with E-state index >= 15 is 0 Å². The lowest BCUT2D eigenvalue weighted by Gasteiger charge is -2.04. The minimum Gasteiger partial charge on any atom is -0.337 e. The van der Waals surface area contributed by atoms with Crippen LogP contribution >= 0.6 is 23.1 Å². The molecule has 0 aliphatic heterocycles. The van der Waals surface area contributed by atoms with Crippen molar-refractivity contribution in [2.24, 2.45) is 0 Å². The molecule has 0 atom stereocenters. The third kappa shape index (κ3) is 5.88. The molecule has 0 spiro atoms. The summed E-state index contributed by atoms with van der Waals surface area (Å²) in [7, 11) is 0. The smallest absolute Gasteiger partial charge is 0.321 e. The maximum atomic E-state index is 11.9. The van der Waals surface area contributed by atoms with E-state index in [-0.39, 0.29) is 6.03 Å². The third-order valence-electron chi connectivity index (χ3n) is 3.37. The van der Waals surface area contributed by atoms with Crippen LogP contribution in [0, 0.1) is 0 Å². The number of anilines is 1. The van der Waals surface area contributed by atoms with Crippen molar-refractivity contribution in [2.75, 3.05) is 11.9 Å². The first-order chi connectivity index (χ1) is 12.3. The fraction of sp³-hybridized carbons (Fsp3) is 0.167. The monoisotopic (exact) mass is 370 g/mol. The van der Waals surface area contributed by atoms with Crippen molar-refractivity contribution in [1.82, 2.24) is 15.5 Å². The van der Waals surface area contributed by atoms with Gasteiger partial charge in [-0.3, -0.25) is 5.32 Å². The summed E-state index contributed by atoms with van der Waals surface area (Å²) in [5, 5.41) is 14.2. The Bertz CT molecular complexity index is 793. The van der Waals surface area contributed by atoms with Crippen molar-refractivity contribution < 1.29 is 4.79 Å². The summed E-state index contributed by atoms with van der Waals surface area (Å²) in [6.45, 7) is 0.574. The van der Waals surface area contributed by atoms with Crippen LogP contribution in [-0.4, -0.2) is 22.8 Å². The third-order valence-corrected chi connectivity index (χ3v) is 5.42. The molecule has 2 N–H and O–H groups in total. The lowest BCUT2D eigenvalue weighted by atomic mass is 10.1. The van der Waals surface area contributed by atoms with Crippen molar-refractivity contribution in [2.45, 2.75) is 16.5 Å². The van der Waals surface area contributed by atoms with E-state index in [1.54, 1.807) is 11.8 Å². The van der Waals surface area contributed by atoms with Crippen LogP contribution in [0.1, 0.15) is 11.1 Å². The lowest BCUT2D eigenvalue weighted by molar-refractivity contribution is 0.252. The zero-order valence-electron chi connectivity index (χ0n) is 13.5. The van der Waals surface area contributed by atoms with E-state index in [9.17, 15) is 4.79 Å². The molecule has 0 fully saturated rings. The number of urea groups is 1. The van der Waals surface area contributed by atoms with Crippen molar-refractivity contribution in [3.8, 4) is 0 Å². The molecule has 1 aromatic heterocycles. The van der Waals surface area contributed by atoms with Crippen LogP contribution in [0.25, 0.3) is 0 Å². The van der Waals surface area contributed by atoms with Gasteiger partial charge in [0.05, 0.1) is 0 Å². The Kier molecular flexibility index (Phi) is 6.42. The van der Waals surface area contributed by atoms with Crippen LogP contribution in [0.4, 0.5) is 9.93 Å². The number of carbonyl (C=O) groups is 1. The zero-order valence-corrected chi connectivity index (χ0v) is 15.1. The largest absolute Gasteiger partial charge is 0.337 e. The van der Waals surface area contributed by atoms with Crippen LogP contribution < -0.4 is 10.6 Å². The number of thioether (sulfide) groups is 1. The van der Waals surface area contributed by atoms with Crippen molar-refractivity contribution in [1.29, 1.82) is 0 Å². The fourth-order valence-electron chi connectivity index (χ4n) is 2.14. The van der Waals surface area contributed by atoms with Gasteiger partial charge in [-0.15, -0.1) is 10.2 Å². The molecule has 0 unspecified atom stereocenters. The van der Waals surface area contributed by atoms with Crippen molar-refractivity contribution in [3.05, 3.63) is 71.8 Å². The highest BCUT2D eigenvalue weighted by atomic mass is 32.2. The number of amides is 2. The number of nitrogens with zero attached hydrogens (tertiary/aromatic N) is 2. The predicted molar refractivity (Wildman–Crippen MR) is 103 cm³/mol. The van der Waals surface area contributed by atoms with E-state index in [2.05, 4.69) is 33.0 Å². The normalized spacial score (nSPS) is 10.4. The summed E-state index contributed by atoms with van der Waals surface area (Å²) in [5.41, 5.74) is 2.43. The van der Waals surface area contributed by atoms with Gasteiger partial charge in [-0.2, -0.15) is 0 Å². The molecule has 25 heavy (non-hydrogen) atoms. The molecule has 3 rings (SSSR count). The molecular weight excluding hydrogens is 352 g/mol. The predicted octanol–water partition coefficient (Wildman–Crippen LogP) is 4.19. The Morgan fingerprint density at radius 3 is 2.36 bits per heavy atom. The summed E-state index contributed by atoms with van der Waals surface area (Å²) < 4.78 is 0.837. The van der Waals surface area contributed by atoms with E-state index < -0.39 is 0 Å². The van der Waals surface area contributed by atoms with Crippen molar-refractivity contribution >= 4 is 34.3 Å². The SMILES string of the molecule is O=C(NCCc1ccccc1)Nc1nnc(SCc2ccccc2)s1. The zero-order chi connectivity index (χ0) is 17.3. The lowest BCUT2D eigenvalue weighted by Crippen LogP contribution is -2.30. The number of hydrogen-bond donors (Lipinski definition) is 2. The molecule has 0 saturated heterocycles. The van der Waals surface area contributed by atoms with Crippen LogP contribution in [0.5, 0.6) is 0 Å². The van der Waals surface area contributed by atoms with Gasteiger partial charge in [0.1, 0.15) is 0 Å². The second-order valence-electron chi connectivity index (χ2n) is 5.26. The fourth-order valence-corrected chi connectivity index (χ4v) is 3.85. The molecule has 7 heteroatoms. The Morgan fingerprint density at radius 2 is 1.64 bits per heavy atom. The Hall–Kier alpha value is -2.38. The summed E-state index contributed by atoms with van der Waals surface area (Å²) in [5.74, 6) is 0.832. The van der Waals surface area contributed by atoms with Gasteiger partial charge in [-0.25, -0.2) is 4.79 Å². The molecule has 2 amide bonds. The first-order valence-electron chi connectivity index (χ1n) is 7.88. The van der Waals surface area contributed by atoms with Gasteiger partial charge in [-0.1, -0.05) is 83.8 Å². The quantitative estimate of drug-likeness (QED) is 0.483. The average Bonchev–Trinajstić information content (AvgIpc) is 3.09. The Labute approximate surface area is 154 Å². The second-order valence-corrected chi connectivity index (χ2v) is 7.46. The number of carbonyl (C=O) groups excluding carboxylic acids is 1. The van der Waals surface area contributed by atoms with Gasteiger partial charge < -0.3 is 5.32 Å². The van der Waals surface area contributed by atoms with Crippen LogP contribution in [-0.2, 0) is 12.2 Å². The highest BCUT2D eigenvalue weighted by Gasteiger charge is 2.08. The van der Waals surface area contributed by atoms with Gasteiger partial charge in [0.2, 0.25) is 5.13 Å². The highest BCUT2D eigenvalue weighted by Crippen LogP contribution is 2.28. The van der Waals surface area contributed by atoms with Crippen LogP contribution in [0.2, 0.25) is 0 Å². The molecule has 0 saturated carbocycles. The standard InChI is InChI=1S/C18H18N4OS2/c23-16(19-12-11-14-7-3-1-4-8-14)20-17-21-22-18(25-17)24-13-15-9-5-2-6-10-15/h1-10H,11-13H2,(H2,19,20,21,23). The van der Waals surface area contributed by atoms with Gasteiger partial charge >= 0.3 is 6.03 Å². The first kappa shape index (κ1) is 17.4. The Morgan fingerprint density at radius 1 is 0.960 bits per heavy atom. The maximum absolute atomic E-state index is 11.9. The minimum absolute atomic E-state index is 0.258. The van der Waals surface area contributed by atoms with E-state index in [0.717, 1.165) is 16.5 Å². The minimum atomic E-state index is -0.258. The van der Waals surface area contributed by atoms with Gasteiger partial charge in [-0.05, 0) is 17.5 Å². The summed E-state index contributed by atoms with van der Waals surface area (Å²) in [6.07, 6.45) is 0.794. The molecule has 128 valence electrons. The Balaban J connectivity index is 1.40. The molecule has 3 aromatic rings. The number of nitrogens with one attached hydrogen (secondary N) is 2. The van der Waals surface area contributed by atoms with Crippen LogP contribution in [0.3, 0.4) is 0 Å². The molecule has 2 aromatic carbocycles. The summed E-state index contributed by atoms with van der Waals surface area (Å²) in [4.78, 5) is 11.9. The topological polar surface area (TPSA) is 66.9 Å². The van der Waals surface area contributed by atoms with E-state index in [1.807, 2.05) is 48.5 Å². The highest BCUT2D eigenvalue weighted by molar-refractivity contribution is 8.00. The second kappa shape index (κ2) is 9.19. The summed E-state index contributed by atoms with van der Waals surface area (Å²) in [6, 6.07) is 20.0. The summed E-state index contributed by atoms with van der Waals surface area (Å²) >= 11 is 2.99. The molecule has 0 aliphatic rings. The van der Waals surface area contributed by atoms with Crippen LogP contribution in [0.15, 0.2) is 65.0 Å². The molecule has 0 radical (unpaired) electrons. The average molecular weight is 371 g/mol. The van der Waals surface area contributed by atoms with E-state index in [0.29, 0.717) is 11.7 Å². The number of benzene rings is 2. The maximum Gasteiger partial charge on any atom is 0.321 e. The number of rotatable bonds is 7. The molecule has 5 nitrogen and oxygen atoms in total. The van der Waals surface area contributed by atoms with E-state index in [1.165, 1.54) is 22.5 Å². The molecule has 0 aliphatic carbocycles.